The highest BCUT2D eigenvalue weighted by atomic mass is 16.2. The van der Waals surface area contributed by atoms with Gasteiger partial charge < -0.3 is 10.6 Å². The van der Waals surface area contributed by atoms with Crippen LogP contribution in [0.3, 0.4) is 0 Å². The van der Waals surface area contributed by atoms with Crippen molar-refractivity contribution in [2.45, 2.75) is 26.3 Å². The molecule has 0 aliphatic rings. The fourth-order valence-electron chi connectivity index (χ4n) is 3.40. The van der Waals surface area contributed by atoms with Gasteiger partial charge in [0.25, 0.3) is 0 Å². The van der Waals surface area contributed by atoms with Gasteiger partial charge in [-0.1, -0.05) is 73.7 Å². The van der Waals surface area contributed by atoms with E-state index in [4.69, 9.17) is 0 Å². The van der Waals surface area contributed by atoms with E-state index in [-0.39, 0.29) is 18.4 Å². The van der Waals surface area contributed by atoms with Crippen LogP contribution < -0.4 is 10.6 Å². The Morgan fingerprint density at radius 1 is 0.839 bits per heavy atom. The zero-order chi connectivity index (χ0) is 22.2. The van der Waals surface area contributed by atoms with E-state index in [1.54, 1.807) is 18.9 Å². The Hall–Kier alpha value is -3.44. The van der Waals surface area contributed by atoms with Crippen LogP contribution in [-0.2, 0) is 16.0 Å². The van der Waals surface area contributed by atoms with Gasteiger partial charge >= 0.3 is 0 Å². The van der Waals surface area contributed by atoms with E-state index in [0.717, 1.165) is 34.5 Å². The molecule has 0 bridgehead atoms. The van der Waals surface area contributed by atoms with Crippen molar-refractivity contribution in [2.75, 3.05) is 24.2 Å². The van der Waals surface area contributed by atoms with Crippen LogP contribution in [0.1, 0.15) is 19.4 Å². The molecule has 3 aromatic rings. The van der Waals surface area contributed by atoms with Crippen molar-refractivity contribution in [2.24, 2.45) is 0 Å². The second-order valence-corrected chi connectivity index (χ2v) is 7.55. The number of para-hydroxylation sites is 2. The van der Waals surface area contributed by atoms with Gasteiger partial charge in [0.05, 0.1) is 12.6 Å². The van der Waals surface area contributed by atoms with Crippen LogP contribution >= 0.6 is 0 Å². The normalized spacial score (nSPS) is 11.7. The first-order valence-electron chi connectivity index (χ1n) is 10.5. The fraction of sp³-hybridized carbons (Fsp3) is 0.231. The Morgan fingerprint density at radius 3 is 2.16 bits per heavy atom. The number of nitrogens with one attached hydrogen (secondary N) is 2. The maximum atomic E-state index is 12.9. The van der Waals surface area contributed by atoms with Gasteiger partial charge in [0, 0.05) is 16.9 Å². The molecular formula is C26H29N3O2. The molecule has 0 aromatic heterocycles. The summed E-state index contributed by atoms with van der Waals surface area (Å²) in [5.74, 6) is -0.305. The molecule has 0 spiro atoms. The lowest BCUT2D eigenvalue weighted by Gasteiger charge is -2.24. The molecule has 2 N–H and O–H groups in total. The number of hydrogen-bond acceptors (Lipinski definition) is 3. The van der Waals surface area contributed by atoms with Crippen molar-refractivity contribution < 1.29 is 9.59 Å². The number of carbonyl (C=O) groups excluding carboxylic acids is 2. The number of nitrogens with zero attached hydrogens (tertiary/aromatic N) is 1. The van der Waals surface area contributed by atoms with E-state index < -0.39 is 6.04 Å². The third kappa shape index (κ3) is 5.80. The average molecular weight is 416 g/mol. The summed E-state index contributed by atoms with van der Waals surface area (Å²) in [6.07, 6.45) is 0.839. The molecule has 0 aliphatic heterocycles. The molecule has 0 unspecified atom stereocenters. The predicted molar refractivity (Wildman–Crippen MR) is 127 cm³/mol. The largest absolute Gasteiger partial charge is 0.325 e. The Morgan fingerprint density at radius 2 is 1.45 bits per heavy atom. The second-order valence-electron chi connectivity index (χ2n) is 7.55. The standard InChI is InChI=1S/C26H29N3O2/c1-4-20-12-8-10-16-23(20)27-25(30)18-29(3)19(2)26(31)28-24-17-11-9-15-22(24)21-13-6-5-7-14-21/h5-17,19H,4,18H2,1-3H3,(H,27,30)(H,28,31)/t19-/m0/s1. The summed E-state index contributed by atoms with van der Waals surface area (Å²) >= 11 is 0. The quantitative estimate of drug-likeness (QED) is 0.555. The first kappa shape index (κ1) is 22.2. The van der Waals surface area contributed by atoms with Crippen LogP contribution in [0, 0.1) is 0 Å². The lowest BCUT2D eigenvalue weighted by Crippen LogP contribution is -2.43. The molecule has 31 heavy (non-hydrogen) atoms. The van der Waals surface area contributed by atoms with Crippen LogP contribution in [0.5, 0.6) is 0 Å². The highest BCUT2D eigenvalue weighted by Gasteiger charge is 2.21. The smallest absolute Gasteiger partial charge is 0.241 e. The molecule has 3 rings (SSSR count). The number of aryl methyl sites for hydroxylation is 1. The number of hydrogen-bond donors (Lipinski definition) is 2. The molecule has 5 nitrogen and oxygen atoms in total. The first-order chi connectivity index (χ1) is 15.0. The Kier molecular flexibility index (Phi) is 7.57. The maximum absolute atomic E-state index is 12.9. The first-order valence-corrected chi connectivity index (χ1v) is 10.5. The van der Waals surface area contributed by atoms with Crippen molar-refractivity contribution in [3.05, 3.63) is 84.4 Å². The van der Waals surface area contributed by atoms with Gasteiger partial charge in [-0.25, -0.2) is 0 Å². The Labute approximate surface area is 184 Å². The Balaban J connectivity index is 1.63. The molecular weight excluding hydrogens is 386 g/mol. The molecule has 0 heterocycles. The number of amides is 2. The zero-order valence-corrected chi connectivity index (χ0v) is 18.3. The second kappa shape index (κ2) is 10.5. The minimum atomic E-state index is -0.476. The van der Waals surface area contributed by atoms with Crippen LogP contribution in [0.25, 0.3) is 11.1 Å². The minimum absolute atomic E-state index is 0.118. The highest BCUT2D eigenvalue weighted by Crippen LogP contribution is 2.27. The van der Waals surface area contributed by atoms with E-state index >= 15 is 0 Å². The number of carbonyl (C=O) groups is 2. The van der Waals surface area contributed by atoms with Crippen LogP contribution in [0.15, 0.2) is 78.9 Å². The SMILES string of the molecule is CCc1ccccc1NC(=O)CN(C)[C@@H](C)C(=O)Nc1ccccc1-c1ccccc1. The molecule has 2 amide bonds. The van der Waals surface area contributed by atoms with Gasteiger partial charge in [0.15, 0.2) is 0 Å². The van der Waals surface area contributed by atoms with Gasteiger partial charge in [-0.15, -0.1) is 0 Å². The molecule has 0 fully saturated rings. The monoisotopic (exact) mass is 415 g/mol. The number of anilines is 2. The molecule has 0 radical (unpaired) electrons. The van der Waals surface area contributed by atoms with Gasteiger partial charge in [-0.3, -0.25) is 14.5 Å². The van der Waals surface area contributed by atoms with Crippen molar-refractivity contribution in [1.82, 2.24) is 4.90 Å². The van der Waals surface area contributed by atoms with Crippen LogP contribution in [0.4, 0.5) is 11.4 Å². The lowest BCUT2D eigenvalue weighted by molar-refractivity contribution is -0.122. The van der Waals surface area contributed by atoms with Gasteiger partial charge in [0.1, 0.15) is 0 Å². The molecule has 0 aliphatic carbocycles. The number of likely N-dealkylation sites (N-methyl/N-ethyl adjacent to an activating group) is 1. The Bertz CT molecular complexity index is 1030. The predicted octanol–water partition coefficient (Wildman–Crippen LogP) is 4.81. The zero-order valence-electron chi connectivity index (χ0n) is 18.3. The average Bonchev–Trinajstić information content (AvgIpc) is 2.79. The summed E-state index contributed by atoms with van der Waals surface area (Å²) < 4.78 is 0. The van der Waals surface area contributed by atoms with E-state index in [2.05, 4.69) is 17.6 Å². The van der Waals surface area contributed by atoms with Gasteiger partial charge in [-0.2, -0.15) is 0 Å². The van der Waals surface area contributed by atoms with Gasteiger partial charge in [-0.05, 0) is 43.7 Å². The summed E-state index contributed by atoms with van der Waals surface area (Å²) in [5.41, 5.74) is 4.65. The lowest BCUT2D eigenvalue weighted by atomic mass is 10.0. The van der Waals surface area contributed by atoms with E-state index in [1.807, 2.05) is 78.9 Å². The van der Waals surface area contributed by atoms with Crippen LogP contribution in [-0.4, -0.2) is 36.3 Å². The minimum Gasteiger partial charge on any atom is -0.325 e. The van der Waals surface area contributed by atoms with E-state index in [1.165, 1.54) is 0 Å². The molecule has 0 saturated carbocycles. The summed E-state index contributed by atoms with van der Waals surface area (Å²) in [7, 11) is 1.78. The summed E-state index contributed by atoms with van der Waals surface area (Å²) in [6.45, 7) is 3.97. The summed E-state index contributed by atoms with van der Waals surface area (Å²) in [6, 6.07) is 24.9. The fourth-order valence-corrected chi connectivity index (χ4v) is 3.40. The number of rotatable bonds is 8. The van der Waals surface area contributed by atoms with Crippen molar-refractivity contribution >= 4 is 23.2 Å². The molecule has 1 atom stereocenters. The third-order valence-electron chi connectivity index (χ3n) is 5.38. The van der Waals surface area contributed by atoms with E-state index in [0.29, 0.717) is 0 Å². The molecule has 3 aromatic carbocycles. The molecule has 160 valence electrons. The van der Waals surface area contributed by atoms with Gasteiger partial charge in [0.2, 0.25) is 11.8 Å². The third-order valence-corrected chi connectivity index (χ3v) is 5.38. The highest BCUT2D eigenvalue weighted by molar-refractivity contribution is 5.99. The summed E-state index contributed by atoms with van der Waals surface area (Å²) in [4.78, 5) is 27.2. The van der Waals surface area contributed by atoms with Crippen molar-refractivity contribution in [3.8, 4) is 11.1 Å². The van der Waals surface area contributed by atoms with Crippen LogP contribution in [0.2, 0.25) is 0 Å². The molecule has 5 heteroatoms. The molecule has 0 saturated heterocycles. The van der Waals surface area contributed by atoms with E-state index in [9.17, 15) is 9.59 Å². The topological polar surface area (TPSA) is 61.4 Å². The van der Waals surface area contributed by atoms with Crippen molar-refractivity contribution in [3.63, 3.8) is 0 Å². The summed E-state index contributed by atoms with van der Waals surface area (Å²) in [5, 5.41) is 5.97. The van der Waals surface area contributed by atoms with Crippen molar-refractivity contribution in [1.29, 1.82) is 0 Å². The number of benzene rings is 3. The maximum Gasteiger partial charge on any atom is 0.241 e.